The number of nitrogens with zero attached hydrogens (tertiary/aromatic N) is 2. The summed E-state index contributed by atoms with van der Waals surface area (Å²) in [5, 5.41) is 21.5. The fourth-order valence-corrected chi connectivity index (χ4v) is 4.89. The molecule has 0 radical (unpaired) electrons. The molecular formula is C37H34N2O5. The smallest absolute Gasteiger partial charge is 0.273 e. The highest BCUT2D eigenvalue weighted by Gasteiger charge is 2.33. The van der Waals surface area contributed by atoms with Crippen LogP contribution in [0.1, 0.15) is 33.9 Å². The molecule has 4 aromatic carbocycles. The van der Waals surface area contributed by atoms with Crippen LogP contribution in [0.15, 0.2) is 138 Å². The molecule has 0 unspecified atom stereocenters. The number of aliphatic hydroxyl groups excluding tert-OH is 1. The Labute approximate surface area is 257 Å². The third kappa shape index (κ3) is 8.16. The molecule has 1 heterocycles. The summed E-state index contributed by atoms with van der Waals surface area (Å²) in [6.07, 6.45) is -1.23. The summed E-state index contributed by atoms with van der Waals surface area (Å²) in [6.45, 7) is 0.704. The van der Waals surface area contributed by atoms with E-state index in [2.05, 4.69) is 0 Å². The topological polar surface area (TPSA) is 93.7 Å². The number of hydrogen-bond donors (Lipinski definition) is 1. The van der Waals surface area contributed by atoms with Crippen molar-refractivity contribution in [3.8, 4) is 11.8 Å². The Hall–Kier alpha value is -4.84. The maximum absolute atomic E-state index is 13.2. The van der Waals surface area contributed by atoms with Crippen LogP contribution < -0.4 is 5.56 Å². The highest BCUT2D eigenvalue weighted by atomic mass is 16.6. The summed E-state index contributed by atoms with van der Waals surface area (Å²) in [4.78, 5) is 13.2. The van der Waals surface area contributed by atoms with Crippen LogP contribution in [-0.2, 0) is 34.0 Å². The average molecular weight is 587 g/mol. The van der Waals surface area contributed by atoms with E-state index < -0.39 is 23.9 Å². The van der Waals surface area contributed by atoms with Crippen LogP contribution in [0.3, 0.4) is 0 Å². The number of ether oxygens (including phenoxy) is 3. The van der Waals surface area contributed by atoms with Gasteiger partial charge in [0.05, 0.1) is 26.4 Å². The van der Waals surface area contributed by atoms with Gasteiger partial charge in [0.2, 0.25) is 0 Å². The molecule has 7 heteroatoms. The van der Waals surface area contributed by atoms with Crippen LogP contribution >= 0.6 is 0 Å². The lowest BCUT2D eigenvalue weighted by Gasteiger charge is -2.32. The van der Waals surface area contributed by atoms with Crippen molar-refractivity contribution in [1.82, 2.24) is 4.57 Å². The third-order valence-corrected chi connectivity index (χ3v) is 7.16. The minimum absolute atomic E-state index is 0.0248. The lowest BCUT2D eigenvalue weighted by molar-refractivity contribution is -0.150. The fourth-order valence-electron chi connectivity index (χ4n) is 4.89. The first kappa shape index (κ1) is 30.6. The molecular weight excluding hydrogens is 552 g/mol. The Balaban J connectivity index is 1.52. The normalized spacial score (nSPS) is 13.1. The number of pyridine rings is 1. The molecule has 0 amide bonds. The summed E-state index contributed by atoms with van der Waals surface area (Å²) in [7, 11) is 0. The van der Waals surface area contributed by atoms with Gasteiger partial charge in [-0.15, -0.1) is 0 Å². The highest BCUT2D eigenvalue weighted by molar-refractivity contribution is 5.39. The molecule has 7 nitrogen and oxygen atoms in total. The molecule has 3 atom stereocenters. The van der Waals surface area contributed by atoms with E-state index in [1.54, 1.807) is 18.3 Å². The highest BCUT2D eigenvalue weighted by Crippen LogP contribution is 2.29. The van der Waals surface area contributed by atoms with E-state index in [4.69, 9.17) is 14.2 Å². The van der Waals surface area contributed by atoms with E-state index >= 15 is 0 Å². The molecule has 5 aromatic rings. The second kappa shape index (κ2) is 15.6. The number of rotatable bonds is 14. The molecule has 0 spiro atoms. The van der Waals surface area contributed by atoms with E-state index in [0.717, 1.165) is 16.7 Å². The van der Waals surface area contributed by atoms with Gasteiger partial charge in [-0.1, -0.05) is 109 Å². The fraction of sp³-hybridized carbons (Fsp3) is 0.189. The van der Waals surface area contributed by atoms with Gasteiger partial charge < -0.3 is 19.3 Å². The van der Waals surface area contributed by atoms with Gasteiger partial charge in [-0.05, 0) is 34.9 Å². The van der Waals surface area contributed by atoms with E-state index in [-0.39, 0.29) is 25.4 Å². The van der Waals surface area contributed by atoms with Gasteiger partial charge in [0.15, 0.2) is 0 Å². The molecule has 1 N–H and O–H groups in total. The van der Waals surface area contributed by atoms with Crippen molar-refractivity contribution in [2.24, 2.45) is 0 Å². The van der Waals surface area contributed by atoms with Gasteiger partial charge in [0.1, 0.15) is 29.9 Å². The maximum Gasteiger partial charge on any atom is 0.273 e. The van der Waals surface area contributed by atoms with Gasteiger partial charge >= 0.3 is 0 Å². The van der Waals surface area contributed by atoms with Gasteiger partial charge in [-0.3, -0.25) is 9.36 Å². The zero-order valence-electron chi connectivity index (χ0n) is 24.2. The molecule has 0 fully saturated rings. The van der Waals surface area contributed by atoms with Crippen molar-refractivity contribution < 1.29 is 19.3 Å². The van der Waals surface area contributed by atoms with Gasteiger partial charge in [0.25, 0.3) is 5.56 Å². The zero-order valence-corrected chi connectivity index (χ0v) is 24.2. The first-order valence-electron chi connectivity index (χ1n) is 14.5. The number of aromatic nitrogens is 1. The minimum Gasteiger partial charge on any atom is -0.388 e. The summed E-state index contributed by atoms with van der Waals surface area (Å²) < 4.78 is 20.3. The summed E-state index contributed by atoms with van der Waals surface area (Å²) in [6, 6.07) is 41.7. The van der Waals surface area contributed by atoms with Crippen molar-refractivity contribution in [3.63, 3.8) is 0 Å². The minimum atomic E-state index is -1.11. The van der Waals surface area contributed by atoms with Crippen LogP contribution in [-0.4, -0.2) is 28.5 Å². The second-order valence-electron chi connectivity index (χ2n) is 10.4. The monoisotopic (exact) mass is 586 g/mol. The molecule has 5 rings (SSSR count). The molecule has 0 aliphatic heterocycles. The molecule has 0 saturated heterocycles. The number of benzene rings is 4. The van der Waals surface area contributed by atoms with E-state index in [9.17, 15) is 15.2 Å². The first-order chi connectivity index (χ1) is 21.6. The van der Waals surface area contributed by atoms with Crippen molar-refractivity contribution in [2.75, 3.05) is 6.61 Å². The molecule has 1 aromatic heterocycles. The molecule has 0 saturated carbocycles. The number of hydrogen-bond acceptors (Lipinski definition) is 6. The first-order valence-corrected chi connectivity index (χ1v) is 14.5. The van der Waals surface area contributed by atoms with E-state index in [1.165, 1.54) is 10.6 Å². The largest absolute Gasteiger partial charge is 0.388 e. The third-order valence-electron chi connectivity index (χ3n) is 7.16. The predicted molar refractivity (Wildman–Crippen MR) is 168 cm³/mol. The number of para-hydroxylation sites is 1. The van der Waals surface area contributed by atoms with Gasteiger partial charge in [0, 0.05) is 17.4 Å². The lowest BCUT2D eigenvalue weighted by Crippen LogP contribution is -2.39. The molecule has 0 aliphatic rings. The second-order valence-corrected chi connectivity index (χ2v) is 10.4. The summed E-state index contributed by atoms with van der Waals surface area (Å²) >= 11 is 0. The van der Waals surface area contributed by atoms with E-state index in [0.29, 0.717) is 17.9 Å². The summed E-state index contributed by atoms with van der Waals surface area (Å²) in [5.41, 5.74) is 3.45. The van der Waals surface area contributed by atoms with Crippen LogP contribution in [0.2, 0.25) is 0 Å². The Bertz CT molecular complexity index is 1690. The van der Waals surface area contributed by atoms with Crippen LogP contribution in [0, 0.1) is 11.3 Å². The van der Waals surface area contributed by atoms with Crippen molar-refractivity contribution >= 4 is 0 Å². The van der Waals surface area contributed by atoms with Crippen LogP contribution in [0.4, 0.5) is 0 Å². The van der Waals surface area contributed by atoms with Crippen molar-refractivity contribution in [1.29, 1.82) is 5.26 Å². The van der Waals surface area contributed by atoms with Gasteiger partial charge in [-0.2, -0.15) is 5.26 Å². The maximum atomic E-state index is 13.2. The SMILES string of the molecule is N#Cc1cc([C@@H](OCc2ccccc2)[C@@H](OCc2ccccc2)[C@H](O)COCc2ccccc2)cn(-c2ccccc2)c1=O. The summed E-state index contributed by atoms with van der Waals surface area (Å²) in [5.74, 6) is 0. The van der Waals surface area contributed by atoms with Crippen LogP contribution in [0.25, 0.3) is 5.69 Å². The van der Waals surface area contributed by atoms with E-state index in [1.807, 2.05) is 115 Å². The van der Waals surface area contributed by atoms with Gasteiger partial charge in [-0.25, -0.2) is 0 Å². The Morgan fingerprint density at radius 1 is 0.705 bits per heavy atom. The molecule has 222 valence electrons. The molecule has 44 heavy (non-hydrogen) atoms. The van der Waals surface area contributed by atoms with Crippen molar-refractivity contribution in [2.45, 2.75) is 38.1 Å². The Morgan fingerprint density at radius 3 is 1.75 bits per heavy atom. The molecule has 0 bridgehead atoms. The Kier molecular flexibility index (Phi) is 10.8. The zero-order chi connectivity index (χ0) is 30.6. The van der Waals surface area contributed by atoms with Crippen molar-refractivity contribution in [3.05, 3.63) is 172 Å². The number of aliphatic hydroxyl groups is 1. The van der Waals surface area contributed by atoms with Crippen LogP contribution in [0.5, 0.6) is 0 Å². The Morgan fingerprint density at radius 2 is 1.20 bits per heavy atom. The average Bonchev–Trinajstić information content (AvgIpc) is 3.08. The number of nitriles is 1. The molecule has 0 aliphatic carbocycles. The quantitative estimate of drug-likeness (QED) is 0.168. The standard InChI is InChI=1S/C37H34N2O5/c38-22-31-21-32(23-39(37(31)41)33-19-11-4-12-20-33)35(43-25-29-15-7-2-8-16-29)36(44-26-30-17-9-3-10-18-30)34(40)27-42-24-28-13-5-1-6-14-28/h1-21,23,34-36,40H,24-27H2/t34-,35-,36+/m1/s1. The predicted octanol–water partition coefficient (Wildman–Crippen LogP) is 6.13. The lowest BCUT2D eigenvalue weighted by atomic mass is 9.99.